The number of hydrogen-bond acceptors (Lipinski definition) is 7. The summed E-state index contributed by atoms with van der Waals surface area (Å²) in [6.45, 7) is 0. The summed E-state index contributed by atoms with van der Waals surface area (Å²) in [7, 11) is -2.03. The third-order valence-electron chi connectivity index (χ3n) is 5.00. The Morgan fingerprint density at radius 1 is 1.08 bits per heavy atom. The predicted molar refractivity (Wildman–Crippen MR) is 124 cm³/mol. The minimum absolute atomic E-state index is 0.0602. The number of hydrogen-bond donors (Lipinski definition) is 1. The first kappa shape index (κ1) is 24.9. The second-order valence-electron chi connectivity index (χ2n) is 7.55. The van der Waals surface area contributed by atoms with Gasteiger partial charge in [0.05, 0.1) is 29.0 Å². The summed E-state index contributed by atoms with van der Waals surface area (Å²) >= 11 is 0. The zero-order valence-electron chi connectivity index (χ0n) is 18.8. The van der Waals surface area contributed by atoms with E-state index in [4.69, 9.17) is 4.74 Å². The van der Waals surface area contributed by atoms with Gasteiger partial charge in [-0.25, -0.2) is 23.1 Å². The molecule has 0 unspecified atom stereocenters. The van der Waals surface area contributed by atoms with E-state index in [2.05, 4.69) is 20.4 Å². The molecule has 36 heavy (non-hydrogen) atoms. The molecule has 2 aromatic carbocycles. The van der Waals surface area contributed by atoms with Crippen LogP contribution in [0.5, 0.6) is 5.75 Å². The zero-order chi connectivity index (χ0) is 26.1. The molecule has 9 nitrogen and oxygen atoms in total. The van der Waals surface area contributed by atoms with Crippen molar-refractivity contribution in [2.24, 2.45) is 0 Å². The Balaban J connectivity index is 1.65. The van der Waals surface area contributed by atoms with Crippen LogP contribution in [-0.4, -0.2) is 47.4 Å². The minimum Gasteiger partial charge on any atom is -0.497 e. The van der Waals surface area contributed by atoms with Crippen LogP contribution in [0.2, 0.25) is 0 Å². The van der Waals surface area contributed by atoms with Crippen molar-refractivity contribution in [3.05, 3.63) is 78.2 Å². The maximum absolute atomic E-state index is 13.7. The molecule has 0 radical (unpaired) electrons. The Morgan fingerprint density at radius 2 is 1.81 bits per heavy atom. The smallest absolute Gasteiger partial charge is 0.435 e. The van der Waals surface area contributed by atoms with Gasteiger partial charge >= 0.3 is 6.18 Å². The lowest BCUT2D eigenvalue weighted by Gasteiger charge is -2.08. The highest BCUT2D eigenvalue weighted by atomic mass is 32.2. The Labute approximate surface area is 203 Å². The number of carbonyl (C=O) groups excluding carboxylic acids is 1. The molecule has 4 aromatic rings. The number of ether oxygens (including phenoxy) is 1. The summed E-state index contributed by atoms with van der Waals surface area (Å²) in [4.78, 5) is 20.9. The first-order valence-corrected chi connectivity index (χ1v) is 12.1. The van der Waals surface area contributed by atoms with Gasteiger partial charge in [-0.2, -0.15) is 18.3 Å². The highest BCUT2D eigenvalue weighted by Gasteiger charge is 2.39. The van der Waals surface area contributed by atoms with Crippen LogP contribution < -0.4 is 10.1 Å². The van der Waals surface area contributed by atoms with E-state index in [1.165, 1.54) is 49.7 Å². The molecule has 4 rings (SSSR count). The van der Waals surface area contributed by atoms with E-state index in [-0.39, 0.29) is 22.2 Å². The van der Waals surface area contributed by atoms with Crippen LogP contribution in [0.3, 0.4) is 0 Å². The lowest BCUT2D eigenvalue weighted by molar-refractivity contribution is -0.141. The number of carbonyl (C=O) groups is 1. The van der Waals surface area contributed by atoms with E-state index in [9.17, 15) is 26.4 Å². The number of benzene rings is 2. The predicted octanol–water partition coefficient (Wildman–Crippen LogP) is 4.01. The first-order valence-electron chi connectivity index (χ1n) is 10.2. The zero-order valence-corrected chi connectivity index (χ0v) is 19.6. The van der Waals surface area contributed by atoms with Crippen molar-refractivity contribution in [2.45, 2.75) is 11.1 Å². The third-order valence-corrected chi connectivity index (χ3v) is 6.11. The van der Waals surface area contributed by atoms with Crippen molar-refractivity contribution in [1.82, 2.24) is 19.7 Å². The van der Waals surface area contributed by atoms with E-state index in [1.807, 2.05) is 0 Å². The molecule has 0 bridgehead atoms. The molecule has 13 heteroatoms. The summed E-state index contributed by atoms with van der Waals surface area (Å²) in [6, 6.07) is 13.5. The van der Waals surface area contributed by atoms with Gasteiger partial charge in [0, 0.05) is 24.2 Å². The fourth-order valence-electron chi connectivity index (χ4n) is 3.25. The Bertz CT molecular complexity index is 1530. The van der Waals surface area contributed by atoms with Gasteiger partial charge in [0.15, 0.2) is 15.5 Å². The van der Waals surface area contributed by atoms with E-state index >= 15 is 0 Å². The maximum atomic E-state index is 13.7. The van der Waals surface area contributed by atoms with Gasteiger partial charge in [-0.05, 0) is 42.5 Å². The van der Waals surface area contributed by atoms with E-state index in [0.717, 1.165) is 17.1 Å². The molecule has 0 saturated heterocycles. The molecule has 0 saturated carbocycles. The summed E-state index contributed by atoms with van der Waals surface area (Å²) in [5.74, 6) is -0.893. The molecule has 0 aliphatic heterocycles. The van der Waals surface area contributed by atoms with Gasteiger partial charge in [0.25, 0.3) is 5.91 Å². The molecule has 0 atom stereocenters. The van der Waals surface area contributed by atoms with E-state index in [0.29, 0.717) is 11.3 Å². The fourth-order valence-corrected chi connectivity index (χ4v) is 3.92. The molecular formula is C23H18F3N5O4S. The van der Waals surface area contributed by atoms with Gasteiger partial charge < -0.3 is 4.74 Å². The van der Waals surface area contributed by atoms with Gasteiger partial charge in [0.1, 0.15) is 5.75 Å². The van der Waals surface area contributed by atoms with Crippen LogP contribution in [0.15, 0.2) is 71.9 Å². The van der Waals surface area contributed by atoms with Crippen molar-refractivity contribution in [3.63, 3.8) is 0 Å². The van der Waals surface area contributed by atoms with Gasteiger partial charge in [0.2, 0.25) is 5.95 Å². The number of anilines is 1. The number of nitrogens with one attached hydrogen (secondary N) is 1. The average molecular weight is 517 g/mol. The molecule has 0 aliphatic carbocycles. The average Bonchev–Trinajstić information content (AvgIpc) is 3.30. The lowest BCUT2D eigenvalue weighted by atomic mass is 10.1. The Hall–Kier alpha value is -4.26. The van der Waals surface area contributed by atoms with Crippen molar-refractivity contribution >= 4 is 21.7 Å². The quantitative estimate of drug-likeness (QED) is 0.411. The maximum Gasteiger partial charge on any atom is 0.435 e. The highest BCUT2D eigenvalue weighted by molar-refractivity contribution is 7.90. The number of aromatic nitrogens is 4. The largest absolute Gasteiger partial charge is 0.497 e. The van der Waals surface area contributed by atoms with Crippen molar-refractivity contribution < 1.29 is 31.1 Å². The summed E-state index contributed by atoms with van der Waals surface area (Å²) in [5, 5.41) is 5.82. The number of methoxy groups -OCH3 is 1. The van der Waals surface area contributed by atoms with Crippen LogP contribution in [-0.2, 0) is 16.0 Å². The molecule has 0 spiro atoms. The van der Waals surface area contributed by atoms with Gasteiger partial charge in [-0.1, -0.05) is 12.1 Å². The van der Waals surface area contributed by atoms with Crippen LogP contribution >= 0.6 is 0 Å². The summed E-state index contributed by atoms with van der Waals surface area (Å²) < 4.78 is 70.6. The number of amides is 1. The molecule has 186 valence electrons. The Kier molecular flexibility index (Phi) is 6.50. The second kappa shape index (κ2) is 9.41. The molecule has 0 aliphatic rings. The molecule has 2 aromatic heterocycles. The number of halogens is 3. The number of nitrogens with zero attached hydrogens (tertiary/aromatic N) is 4. The summed E-state index contributed by atoms with van der Waals surface area (Å²) in [5.41, 5.74) is -1.15. The van der Waals surface area contributed by atoms with Gasteiger partial charge in [-0.3, -0.25) is 10.1 Å². The van der Waals surface area contributed by atoms with Crippen LogP contribution in [0.25, 0.3) is 16.9 Å². The molecule has 2 heterocycles. The van der Waals surface area contributed by atoms with Gasteiger partial charge in [-0.15, -0.1) is 0 Å². The molecule has 0 fully saturated rings. The second-order valence-corrected chi connectivity index (χ2v) is 9.57. The normalized spacial score (nSPS) is 11.8. The summed E-state index contributed by atoms with van der Waals surface area (Å²) in [6.07, 6.45) is -1.60. The van der Waals surface area contributed by atoms with Crippen molar-refractivity contribution in [3.8, 4) is 22.7 Å². The van der Waals surface area contributed by atoms with Crippen LogP contribution in [0.4, 0.5) is 19.1 Å². The number of sulfone groups is 1. The topological polar surface area (TPSA) is 116 Å². The molecular weight excluding hydrogens is 499 g/mol. The van der Waals surface area contributed by atoms with E-state index in [1.54, 1.807) is 18.2 Å². The van der Waals surface area contributed by atoms with E-state index < -0.39 is 33.2 Å². The SMILES string of the molecule is COc1ccc(-n2cc(C(=O)Nc3nccc(-c4cccc(S(C)(=O)=O)c4)n3)c(C(F)(F)F)n2)cc1. The fraction of sp³-hybridized carbons (Fsp3) is 0.130. The Morgan fingerprint density at radius 3 is 2.44 bits per heavy atom. The first-order chi connectivity index (χ1) is 17.0. The number of rotatable bonds is 6. The standard InChI is InChI=1S/C23H18F3N5O4S/c1-35-16-8-6-15(7-9-16)31-13-18(20(30-31)23(24,25)26)21(32)29-22-27-11-10-19(28-22)14-4-3-5-17(12-14)36(2,33)34/h3-13H,1-2H3,(H,27,28,29,32). The molecule has 1 N–H and O–H groups in total. The van der Waals surface area contributed by atoms with Crippen LogP contribution in [0, 0.1) is 0 Å². The minimum atomic E-state index is -4.90. The third kappa shape index (κ3) is 5.35. The number of alkyl halides is 3. The molecule has 1 amide bonds. The van der Waals surface area contributed by atoms with Crippen molar-refractivity contribution in [2.75, 3.05) is 18.7 Å². The van der Waals surface area contributed by atoms with Crippen molar-refractivity contribution in [1.29, 1.82) is 0 Å². The van der Waals surface area contributed by atoms with Crippen LogP contribution in [0.1, 0.15) is 16.1 Å². The lowest BCUT2D eigenvalue weighted by Crippen LogP contribution is -2.19. The highest BCUT2D eigenvalue weighted by Crippen LogP contribution is 2.32. The monoisotopic (exact) mass is 517 g/mol.